The lowest BCUT2D eigenvalue weighted by molar-refractivity contribution is -0.131. The lowest BCUT2D eigenvalue weighted by Gasteiger charge is -2.14. The molecule has 0 spiro atoms. The lowest BCUT2D eigenvalue weighted by Crippen LogP contribution is -2.39. The van der Waals surface area contributed by atoms with E-state index in [-0.39, 0.29) is 11.9 Å². The maximum atomic E-state index is 11.9. The van der Waals surface area contributed by atoms with Crippen molar-refractivity contribution in [1.29, 1.82) is 0 Å². The Morgan fingerprint density at radius 2 is 2.42 bits per heavy atom. The van der Waals surface area contributed by atoms with Gasteiger partial charge in [-0.05, 0) is 25.5 Å². The van der Waals surface area contributed by atoms with Crippen LogP contribution in [0.1, 0.15) is 32.3 Å². The van der Waals surface area contributed by atoms with E-state index < -0.39 is 6.10 Å². The molecule has 0 saturated heterocycles. The number of rotatable bonds is 4. The number of oxime groups is 1. The molecule has 5 heteroatoms. The van der Waals surface area contributed by atoms with Gasteiger partial charge in [0.1, 0.15) is 0 Å². The molecule has 19 heavy (non-hydrogen) atoms. The summed E-state index contributed by atoms with van der Waals surface area (Å²) in [4.78, 5) is 17.2. The van der Waals surface area contributed by atoms with Gasteiger partial charge in [0.05, 0.1) is 5.71 Å². The van der Waals surface area contributed by atoms with Crippen molar-refractivity contribution in [2.24, 2.45) is 5.16 Å². The lowest BCUT2D eigenvalue weighted by atomic mass is 10.0. The van der Waals surface area contributed by atoms with Crippen LogP contribution in [0.4, 0.5) is 0 Å². The minimum absolute atomic E-state index is 0.0944. The van der Waals surface area contributed by atoms with E-state index in [0.29, 0.717) is 6.42 Å². The number of halogens is 1. The van der Waals surface area contributed by atoms with Crippen molar-refractivity contribution in [3.05, 3.63) is 34.3 Å². The molecule has 1 aromatic carbocycles. The summed E-state index contributed by atoms with van der Waals surface area (Å²) in [7, 11) is 0. The number of carbonyl (C=O) groups is 1. The van der Waals surface area contributed by atoms with Crippen molar-refractivity contribution in [2.75, 3.05) is 0 Å². The number of benzene rings is 1. The Hall–Kier alpha value is -1.36. The largest absolute Gasteiger partial charge is 0.382 e. The van der Waals surface area contributed by atoms with Crippen LogP contribution in [0, 0.1) is 0 Å². The molecule has 1 heterocycles. The highest BCUT2D eigenvalue weighted by Crippen LogP contribution is 2.19. The highest BCUT2D eigenvalue weighted by Gasteiger charge is 2.29. The van der Waals surface area contributed by atoms with Crippen LogP contribution in [0.3, 0.4) is 0 Å². The van der Waals surface area contributed by atoms with Crippen LogP contribution in [0.5, 0.6) is 0 Å². The molecule has 1 aliphatic heterocycles. The summed E-state index contributed by atoms with van der Waals surface area (Å²) >= 11 is 3.42. The Labute approximate surface area is 121 Å². The van der Waals surface area contributed by atoms with Crippen LogP contribution in [-0.2, 0) is 9.63 Å². The van der Waals surface area contributed by atoms with Crippen molar-refractivity contribution in [3.63, 3.8) is 0 Å². The monoisotopic (exact) mass is 324 g/mol. The number of nitrogens with one attached hydrogen (secondary N) is 1. The third-order valence-electron chi connectivity index (χ3n) is 3.12. The molecule has 102 valence electrons. The topological polar surface area (TPSA) is 50.7 Å². The fourth-order valence-corrected chi connectivity index (χ4v) is 2.19. The first-order valence-corrected chi connectivity index (χ1v) is 7.18. The van der Waals surface area contributed by atoms with Gasteiger partial charge in [0.25, 0.3) is 5.91 Å². The number of carbonyl (C=O) groups excluding carboxylic acids is 1. The van der Waals surface area contributed by atoms with Crippen molar-refractivity contribution in [3.8, 4) is 0 Å². The summed E-state index contributed by atoms with van der Waals surface area (Å²) in [6.45, 7) is 4.01. The smallest absolute Gasteiger partial charge is 0.264 e. The highest BCUT2D eigenvalue weighted by atomic mass is 79.9. The van der Waals surface area contributed by atoms with Crippen LogP contribution in [0.25, 0.3) is 0 Å². The number of hydrogen-bond acceptors (Lipinski definition) is 3. The van der Waals surface area contributed by atoms with Crippen molar-refractivity contribution in [1.82, 2.24) is 5.32 Å². The molecule has 0 aromatic heterocycles. The number of nitrogens with zero attached hydrogens (tertiary/aromatic N) is 1. The van der Waals surface area contributed by atoms with Gasteiger partial charge in [0, 0.05) is 22.5 Å². The molecule has 0 fully saturated rings. The molecule has 0 unspecified atom stereocenters. The van der Waals surface area contributed by atoms with E-state index in [1.165, 1.54) is 0 Å². The standard InChI is InChI=1S/C14H17BrN2O2/c1-3-9(2)16-14(18)13-8-12(17-19-13)10-5-4-6-11(15)7-10/h4-7,9,13H,3,8H2,1-2H3,(H,16,18)/t9-,13+/m1/s1. The van der Waals surface area contributed by atoms with E-state index in [0.717, 1.165) is 22.2 Å². The first-order chi connectivity index (χ1) is 9.10. The molecule has 2 atom stereocenters. The average molecular weight is 325 g/mol. The summed E-state index contributed by atoms with van der Waals surface area (Å²) in [5, 5.41) is 6.93. The van der Waals surface area contributed by atoms with Gasteiger partial charge in [-0.15, -0.1) is 0 Å². The molecule has 1 aromatic rings. The van der Waals surface area contributed by atoms with Gasteiger partial charge in [-0.1, -0.05) is 40.1 Å². The maximum absolute atomic E-state index is 11.9. The maximum Gasteiger partial charge on any atom is 0.264 e. The fourth-order valence-electron chi connectivity index (χ4n) is 1.79. The van der Waals surface area contributed by atoms with Crippen molar-refractivity contribution < 1.29 is 9.63 Å². The second-order valence-electron chi connectivity index (χ2n) is 4.66. The normalized spacial score (nSPS) is 19.5. The van der Waals surface area contributed by atoms with Crippen LogP contribution in [0.15, 0.2) is 33.9 Å². The molecular weight excluding hydrogens is 308 g/mol. The van der Waals surface area contributed by atoms with E-state index in [2.05, 4.69) is 26.4 Å². The molecule has 1 N–H and O–H groups in total. The van der Waals surface area contributed by atoms with E-state index in [1.807, 2.05) is 38.1 Å². The Kier molecular flexibility index (Phi) is 4.58. The summed E-state index contributed by atoms with van der Waals surface area (Å²) in [5.41, 5.74) is 1.79. The molecular formula is C14H17BrN2O2. The van der Waals surface area contributed by atoms with Crippen LogP contribution >= 0.6 is 15.9 Å². The zero-order valence-electron chi connectivity index (χ0n) is 11.0. The molecule has 0 radical (unpaired) electrons. The quantitative estimate of drug-likeness (QED) is 0.925. The minimum Gasteiger partial charge on any atom is -0.382 e. The van der Waals surface area contributed by atoms with Gasteiger partial charge >= 0.3 is 0 Å². The first-order valence-electron chi connectivity index (χ1n) is 6.39. The summed E-state index contributed by atoms with van der Waals surface area (Å²) in [5.74, 6) is -0.0944. The van der Waals surface area contributed by atoms with Gasteiger partial charge < -0.3 is 10.2 Å². The minimum atomic E-state index is -0.511. The van der Waals surface area contributed by atoms with Crippen molar-refractivity contribution >= 4 is 27.5 Å². The summed E-state index contributed by atoms with van der Waals surface area (Å²) < 4.78 is 0.986. The van der Waals surface area contributed by atoms with E-state index >= 15 is 0 Å². The van der Waals surface area contributed by atoms with Crippen LogP contribution < -0.4 is 5.32 Å². The molecule has 2 rings (SSSR count). The zero-order valence-corrected chi connectivity index (χ0v) is 12.6. The van der Waals surface area contributed by atoms with Crippen LogP contribution in [0.2, 0.25) is 0 Å². The molecule has 4 nitrogen and oxygen atoms in total. The summed E-state index contributed by atoms with van der Waals surface area (Å²) in [6, 6.07) is 7.98. The van der Waals surface area contributed by atoms with Gasteiger partial charge in [-0.3, -0.25) is 4.79 Å². The van der Waals surface area contributed by atoms with E-state index in [9.17, 15) is 4.79 Å². The van der Waals surface area contributed by atoms with E-state index in [1.54, 1.807) is 0 Å². The third-order valence-corrected chi connectivity index (χ3v) is 3.61. The second kappa shape index (κ2) is 6.19. The third kappa shape index (κ3) is 3.56. The first kappa shape index (κ1) is 14.1. The number of amides is 1. The predicted molar refractivity (Wildman–Crippen MR) is 78.1 cm³/mol. The molecule has 0 aliphatic carbocycles. The van der Waals surface area contributed by atoms with Gasteiger partial charge in [0.15, 0.2) is 0 Å². The Balaban J connectivity index is 1.97. The molecule has 0 saturated carbocycles. The highest BCUT2D eigenvalue weighted by molar-refractivity contribution is 9.10. The molecule has 0 bridgehead atoms. The second-order valence-corrected chi connectivity index (χ2v) is 5.58. The van der Waals surface area contributed by atoms with Gasteiger partial charge in [-0.2, -0.15) is 0 Å². The molecule has 1 aliphatic rings. The predicted octanol–water partition coefficient (Wildman–Crippen LogP) is 2.86. The van der Waals surface area contributed by atoms with Gasteiger partial charge in [-0.25, -0.2) is 0 Å². The molecule has 1 amide bonds. The number of hydrogen-bond donors (Lipinski definition) is 1. The van der Waals surface area contributed by atoms with Crippen LogP contribution in [-0.4, -0.2) is 23.8 Å². The Bertz CT molecular complexity index is 502. The van der Waals surface area contributed by atoms with Gasteiger partial charge in [0.2, 0.25) is 6.10 Å². The van der Waals surface area contributed by atoms with E-state index in [4.69, 9.17) is 4.84 Å². The van der Waals surface area contributed by atoms with Crippen molar-refractivity contribution in [2.45, 2.75) is 38.8 Å². The summed E-state index contributed by atoms with van der Waals surface area (Å²) in [6.07, 6.45) is 0.902. The Morgan fingerprint density at radius 3 is 3.11 bits per heavy atom. The zero-order chi connectivity index (χ0) is 13.8. The average Bonchev–Trinajstić information content (AvgIpc) is 2.88. The Morgan fingerprint density at radius 1 is 1.63 bits per heavy atom. The SMILES string of the molecule is CC[C@@H](C)NC(=O)[C@@H]1CC(c2cccc(Br)c2)=NO1. The fraction of sp³-hybridized carbons (Fsp3) is 0.429.